The van der Waals surface area contributed by atoms with E-state index >= 15 is 0 Å². The van der Waals surface area contributed by atoms with Crippen LogP contribution in [0.15, 0.2) is 18.2 Å². The molecule has 0 aromatic heterocycles. The Balaban J connectivity index is 2.85. The number of nitrogens with one attached hydrogen (secondary N) is 1. The van der Waals surface area contributed by atoms with Gasteiger partial charge in [0.25, 0.3) is 0 Å². The van der Waals surface area contributed by atoms with Gasteiger partial charge in [0.15, 0.2) is 0 Å². The summed E-state index contributed by atoms with van der Waals surface area (Å²) >= 11 is 1.79. The van der Waals surface area contributed by atoms with E-state index in [1.165, 1.54) is 0 Å². The van der Waals surface area contributed by atoms with Crippen LogP contribution >= 0.6 is 11.8 Å². The van der Waals surface area contributed by atoms with Crippen molar-refractivity contribution in [3.8, 4) is 0 Å². The zero-order valence-electron chi connectivity index (χ0n) is 9.51. The fourth-order valence-corrected chi connectivity index (χ4v) is 2.09. The summed E-state index contributed by atoms with van der Waals surface area (Å²) in [6.07, 6.45) is 3.03. The van der Waals surface area contributed by atoms with E-state index in [2.05, 4.69) is 11.6 Å². The molecule has 3 heteroatoms. The third kappa shape index (κ3) is 3.50. The number of halogens is 1. The summed E-state index contributed by atoms with van der Waals surface area (Å²) < 4.78 is 13.6. The van der Waals surface area contributed by atoms with Gasteiger partial charge in [-0.15, -0.1) is 0 Å². The van der Waals surface area contributed by atoms with E-state index < -0.39 is 0 Å². The summed E-state index contributed by atoms with van der Waals surface area (Å²) in [6.45, 7) is 1.99. The molecule has 84 valence electrons. The molecule has 0 amide bonds. The second-order valence-electron chi connectivity index (χ2n) is 3.65. The molecule has 0 aliphatic rings. The van der Waals surface area contributed by atoms with Gasteiger partial charge in [-0.05, 0) is 38.5 Å². The van der Waals surface area contributed by atoms with Crippen LogP contribution in [0, 0.1) is 12.7 Å². The van der Waals surface area contributed by atoms with Crippen LogP contribution in [-0.4, -0.2) is 19.1 Å². The molecule has 1 aromatic carbocycles. The molecule has 15 heavy (non-hydrogen) atoms. The molecule has 0 saturated heterocycles. The smallest absolute Gasteiger partial charge is 0.127 e. The number of thioether (sulfide) groups is 1. The first-order valence-corrected chi connectivity index (χ1v) is 6.50. The van der Waals surface area contributed by atoms with Gasteiger partial charge in [0.2, 0.25) is 0 Å². The van der Waals surface area contributed by atoms with Crippen molar-refractivity contribution in [2.75, 3.05) is 19.1 Å². The van der Waals surface area contributed by atoms with E-state index in [-0.39, 0.29) is 11.9 Å². The zero-order valence-corrected chi connectivity index (χ0v) is 10.3. The number of hydrogen-bond donors (Lipinski definition) is 1. The lowest BCUT2D eigenvalue weighted by molar-refractivity contribution is 0.527. The van der Waals surface area contributed by atoms with E-state index in [0.29, 0.717) is 0 Å². The molecule has 0 saturated carbocycles. The second-order valence-corrected chi connectivity index (χ2v) is 4.63. The lowest BCUT2D eigenvalue weighted by Crippen LogP contribution is -2.18. The van der Waals surface area contributed by atoms with Crippen molar-refractivity contribution in [2.45, 2.75) is 19.4 Å². The van der Waals surface area contributed by atoms with Crippen LogP contribution in [0.4, 0.5) is 4.39 Å². The fourth-order valence-electron chi connectivity index (χ4n) is 1.62. The molecular formula is C12H18FNS. The lowest BCUT2D eigenvalue weighted by atomic mass is 10.0. The first kappa shape index (κ1) is 12.5. The summed E-state index contributed by atoms with van der Waals surface area (Å²) in [5, 5.41) is 3.17. The highest BCUT2D eigenvalue weighted by atomic mass is 32.2. The van der Waals surface area contributed by atoms with Crippen LogP contribution in [0.2, 0.25) is 0 Å². The molecule has 1 aromatic rings. The van der Waals surface area contributed by atoms with Gasteiger partial charge < -0.3 is 5.32 Å². The molecule has 0 fully saturated rings. The first-order chi connectivity index (χ1) is 7.19. The van der Waals surface area contributed by atoms with Gasteiger partial charge in [-0.1, -0.05) is 17.7 Å². The number of benzene rings is 1. The Bertz CT molecular complexity index is 314. The SMILES string of the molecule is CNC(CCSC)c1cc(C)ccc1F. The van der Waals surface area contributed by atoms with Crippen molar-refractivity contribution < 1.29 is 4.39 Å². The predicted molar refractivity (Wildman–Crippen MR) is 65.9 cm³/mol. The van der Waals surface area contributed by atoms with Gasteiger partial charge in [0.1, 0.15) is 5.82 Å². The standard InChI is InChI=1S/C12H18FNS/c1-9-4-5-11(13)10(8-9)12(14-2)6-7-15-3/h4-5,8,12,14H,6-7H2,1-3H3. The molecule has 0 heterocycles. The molecule has 1 N–H and O–H groups in total. The van der Waals surface area contributed by atoms with Crippen molar-refractivity contribution in [1.29, 1.82) is 0 Å². The Hall–Kier alpha value is -0.540. The van der Waals surface area contributed by atoms with E-state index in [0.717, 1.165) is 23.3 Å². The molecular weight excluding hydrogens is 209 g/mol. The molecule has 1 nitrogen and oxygen atoms in total. The highest BCUT2D eigenvalue weighted by Crippen LogP contribution is 2.22. The van der Waals surface area contributed by atoms with Crippen molar-refractivity contribution >= 4 is 11.8 Å². The van der Waals surface area contributed by atoms with Gasteiger partial charge >= 0.3 is 0 Å². The third-order valence-electron chi connectivity index (χ3n) is 2.49. The quantitative estimate of drug-likeness (QED) is 0.829. The highest BCUT2D eigenvalue weighted by molar-refractivity contribution is 7.98. The molecule has 1 rings (SSSR count). The Kier molecular flexibility index (Phi) is 5.12. The average Bonchev–Trinajstić information content (AvgIpc) is 2.24. The molecule has 0 spiro atoms. The van der Waals surface area contributed by atoms with Gasteiger partial charge in [0.05, 0.1) is 0 Å². The largest absolute Gasteiger partial charge is 0.313 e. The molecule has 1 unspecified atom stereocenters. The second kappa shape index (κ2) is 6.13. The van der Waals surface area contributed by atoms with Gasteiger partial charge in [-0.3, -0.25) is 0 Å². The van der Waals surface area contributed by atoms with E-state index in [1.807, 2.05) is 20.0 Å². The number of rotatable bonds is 5. The van der Waals surface area contributed by atoms with Crippen molar-refractivity contribution in [2.24, 2.45) is 0 Å². The monoisotopic (exact) mass is 227 g/mol. The highest BCUT2D eigenvalue weighted by Gasteiger charge is 2.13. The maximum atomic E-state index is 13.6. The average molecular weight is 227 g/mol. The summed E-state index contributed by atoms with van der Waals surface area (Å²) in [5.41, 5.74) is 1.89. The number of hydrogen-bond acceptors (Lipinski definition) is 2. The van der Waals surface area contributed by atoms with Gasteiger partial charge in [-0.25, -0.2) is 4.39 Å². The maximum absolute atomic E-state index is 13.6. The van der Waals surface area contributed by atoms with Crippen LogP contribution in [0.3, 0.4) is 0 Å². The minimum Gasteiger partial charge on any atom is -0.313 e. The van der Waals surface area contributed by atoms with E-state index in [4.69, 9.17) is 0 Å². The molecule has 0 aliphatic heterocycles. The molecule has 0 radical (unpaired) electrons. The normalized spacial score (nSPS) is 12.8. The van der Waals surface area contributed by atoms with Crippen LogP contribution in [-0.2, 0) is 0 Å². The zero-order chi connectivity index (χ0) is 11.3. The minimum absolute atomic E-state index is 0.110. The van der Waals surface area contributed by atoms with E-state index in [9.17, 15) is 4.39 Å². The van der Waals surface area contributed by atoms with Crippen LogP contribution in [0.5, 0.6) is 0 Å². The fraction of sp³-hybridized carbons (Fsp3) is 0.500. The molecule has 1 atom stereocenters. The first-order valence-electron chi connectivity index (χ1n) is 5.11. The summed E-state index contributed by atoms with van der Waals surface area (Å²) in [6, 6.07) is 5.41. The van der Waals surface area contributed by atoms with Crippen molar-refractivity contribution in [3.63, 3.8) is 0 Å². The Morgan fingerprint density at radius 2 is 2.20 bits per heavy atom. The Morgan fingerprint density at radius 1 is 1.47 bits per heavy atom. The summed E-state index contributed by atoms with van der Waals surface area (Å²) in [4.78, 5) is 0. The van der Waals surface area contributed by atoms with Crippen LogP contribution in [0.1, 0.15) is 23.6 Å². The maximum Gasteiger partial charge on any atom is 0.127 e. The van der Waals surface area contributed by atoms with Gasteiger partial charge in [-0.2, -0.15) is 11.8 Å². The van der Waals surface area contributed by atoms with Crippen LogP contribution in [0.25, 0.3) is 0 Å². The topological polar surface area (TPSA) is 12.0 Å². The lowest BCUT2D eigenvalue weighted by Gasteiger charge is -2.17. The van der Waals surface area contributed by atoms with Crippen LogP contribution < -0.4 is 5.32 Å². The Labute approximate surface area is 95.5 Å². The third-order valence-corrected chi connectivity index (χ3v) is 3.13. The van der Waals surface area contributed by atoms with Crippen molar-refractivity contribution in [1.82, 2.24) is 5.32 Å². The van der Waals surface area contributed by atoms with E-state index in [1.54, 1.807) is 23.9 Å². The minimum atomic E-state index is -0.110. The molecule has 0 bridgehead atoms. The number of aryl methyl sites for hydroxylation is 1. The summed E-state index contributed by atoms with van der Waals surface area (Å²) in [7, 11) is 1.88. The Morgan fingerprint density at radius 3 is 2.80 bits per heavy atom. The predicted octanol–water partition coefficient (Wildman–Crippen LogP) is 3.15. The van der Waals surface area contributed by atoms with Gasteiger partial charge in [0, 0.05) is 11.6 Å². The summed E-state index contributed by atoms with van der Waals surface area (Å²) in [5.74, 6) is 0.930. The van der Waals surface area contributed by atoms with Crippen molar-refractivity contribution in [3.05, 3.63) is 35.1 Å². The molecule has 0 aliphatic carbocycles.